The van der Waals surface area contributed by atoms with Gasteiger partial charge in [-0.05, 0) is 12.1 Å². The number of ether oxygens (including phenoxy) is 2. The van der Waals surface area contributed by atoms with Crippen molar-refractivity contribution >= 4 is 0 Å². The molecule has 0 bridgehead atoms. The van der Waals surface area contributed by atoms with E-state index in [-0.39, 0.29) is 0 Å². The molecule has 0 spiro atoms. The van der Waals surface area contributed by atoms with Gasteiger partial charge in [0.25, 0.3) is 0 Å². The van der Waals surface area contributed by atoms with Crippen LogP contribution in [0, 0.1) is 5.82 Å². The fourth-order valence-corrected chi connectivity index (χ4v) is 1.96. The maximum atomic E-state index is 13.7. The van der Waals surface area contributed by atoms with Gasteiger partial charge in [0.1, 0.15) is 5.82 Å². The predicted molar refractivity (Wildman–Crippen MR) is 69.8 cm³/mol. The zero-order chi connectivity index (χ0) is 13.8. The Hall–Kier alpha value is -2.14. The predicted octanol–water partition coefficient (Wildman–Crippen LogP) is 2.29. The lowest BCUT2D eigenvalue weighted by atomic mass is 9.99. The minimum atomic E-state index is -0.645. The van der Waals surface area contributed by atoms with E-state index in [1.165, 1.54) is 13.3 Å². The van der Waals surface area contributed by atoms with Crippen LogP contribution < -0.4 is 15.2 Å². The molecule has 0 saturated heterocycles. The van der Waals surface area contributed by atoms with E-state index in [1.54, 1.807) is 31.4 Å². The van der Waals surface area contributed by atoms with Crippen molar-refractivity contribution in [1.82, 2.24) is 4.98 Å². The molecule has 1 heterocycles. The van der Waals surface area contributed by atoms with E-state index in [9.17, 15) is 4.39 Å². The number of para-hydroxylation sites is 1. The lowest BCUT2D eigenvalue weighted by Crippen LogP contribution is -2.15. The van der Waals surface area contributed by atoms with Crippen LogP contribution in [0.3, 0.4) is 0 Å². The summed E-state index contributed by atoms with van der Waals surface area (Å²) >= 11 is 0. The maximum absolute atomic E-state index is 13.7. The minimum absolute atomic E-state index is 0.363. The Labute approximate surface area is 111 Å². The van der Waals surface area contributed by atoms with Gasteiger partial charge in [-0.1, -0.05) is 12.1 Å². The number of hydrogen-bond donors (Lipinski definition) is 1. The molecule has 4 nitrogen and oxygen atoms in total. The van der Waals surface area contributed by atoms with Crippen molar-refractivity contribution in [2.45, 2.75) is 6.04 Å². The van der Waals surface area contributed by atoms with Crippen LogP contribution in [0.4, 0.5) is 4.39 Å². The lowest BCUT2D eigenvalue weighted by molar-refractivity contribution is 0.350. The number of benzene rings is 1. The first-order valence-electron chi connectivity index (χ1n) is 5.75. The molecule has 0 aliphatic heterocycles. The monoisotopic (exact) mass is 262 g/mol. The molecule has 5 heteroatoms. The molecule has 0 amide bonds. The summed E-state index contributed by atoms with van der Waals surface area (Å²) in [6, 6.07) is 6.24. The molecule has 2 aromatic rings. The average Bonchev–Trinajstić information content (AvgIpc) is 2.46. The summed E-state index contributed by atoms with van der Waals surface area (Å²) in [7, 11) is 3.07. The van der Waals surface area contributed by atoms with Crippen molar-refractivity contribution in [3.05, 3.63) is 53.6 Å². The summed E-state index contributed by atoms with van der Waals surface area (Å²) in [5.74, 6) is 0.624. The normalized spacial score (nSPS) is 12.0. The summed E-state index contributed by atoms with van der Waals surface area (Å²) in [6.45, 7) is 0. The number of aromatic nitrogens is 1. The highest BCUT2D eigenvalue weighted by Crippen LogP contribution is 2.36. The lowest BCUT2D eigenvalue weighted by Gasteiger charge is -2.18. The van der Waals surface area contributed by atoms with E-state index in [0.717, 1.165) is 6.20 Å². The summed E-state index contributed by atoms with van der Waals surface area (Å²) in [4.78, 5) is 3.71. The van der Waals surface area contributed by atoms with Crippen molar-refractivity contribution in [2.75, 3.05) is 14.2 Å². The van der Waals surface area contributed by atoms with E-state index in [4.69, 9.17) is 15.2 Å². The van der Waals surface area contributed by atoms with Gasteiger partial charge in [-0.25, -0.2) is 4.39 Å². The molecule has 0 aliphatic carbocycles. The first-order chi connectivity index (χ1) is 9.19. The van der Waals surface area contributed by atoms with Crippen molar-refractivity contribution in [1.29, 1.82) is 0 Å². The van der Waals surface area contributed by atoms with Gasteiger partial charge in [0.05, 0.1) is 26.5 Å². The van der Waals surface area contributed by atoms with Crippen molar-refractivity contribution < 1.29 is 13.9 Å². The number of halogens is 1. The van der Waals surface area contributed by atoms with E-state index < -0.39 is 11.9 Å². The van der Waals surface area contributed by atoms with Gasteiger partial charge in [-0.15, -0.1) is 0 Å². The van der Waals surface area contributed by atoms with Crippen molar-refractivity contribution in [3.63, 3.8) is 0 Å². The molecule has 1 aromatic heterocycles. The molecular weight excluding hydrogens is 247 g/mol. The van der Waals surface area contributed by atoms with E-state index in [1.807, 2.05) is 0 Å². The van der Waals surface area contributed by atoms with E-state index in [2.05, 4.69) is 4.98 Å². The molecule has 0 aliphatic rings. The Morgan fingerprint density at radius 3 is 2.58 bits per heavy atom. The first kappa shape index (κ1) is 13.3. The first-order valence-corrected chi connectivity index (χ1v) is 5.75. The van der Waals surface area contributed by atoms with Crippen molar-refractivity contribution in [3.8, 4) is 11.5 Å². The molecule has 0 saturated carbocycles. The number of pyridine rings is 1. The number of rotatable bonds is 4. The van der Waals surface area contributed by atoms with Crippen LogP contribution in [0.5, 0.6) is 11.5 Å². The fourth-order valence-electron chi connectivity index (χ4n) is 1.96. The molecule has 1 aromatic carbocycles. The van der Waals surface area contributed by atoms with Crippen molar-refractivity contribution in [2.24, 2.45) is 5.73 Å². The molecule has 0 radical (unpaired) electrons. The standard InChI is InChI=1S/C14H15FN2O2/c1-18-12-5-3-4-10(14(12)19-2)13(16)9-6-7-17-8-11(9)15/h3-8,13H,16H2,1-2H3. The Morgan fingerprint density at radius 1 is 1.16 bits per heavy atom. The van der Waals surface area contributed by atoms with E-state index in [0.29, 0.717) is 22.6 Å². The smallest absolute Gasteiger partial charge is 0.165 e. The van der Waals surface area contributed by atoms with Gasteiger partial charge in [0.15, 0.2) is 11.5 Å². The molecule has 2 N–H and O–H groups in total. The van der Waals surface area contributed by atoms with Crippen LogP contribution in [0.25, 0.3) is 0 Å². The highest BCUT2D eigenvalue weighted by atomic mass is 19.1. The number of nitrogens with two attached hydrogens (primary N) is 1. The maximum Gasteiger partial charge on any atom is 0.165 e. The SMILES string of the molecule is COc1cccc(C(N)c2ccncc2F)c1OC. The molecule has 100 valence electrons. The van der Waals surface area contributed by atoms with Crippen LogP contribution >= 0.6 is 0 Å². The second-order valence-corrected chi connectivity index (χ2v) is 3.96. The fraction of sp³-hybridized carbons (Fsp3) is 0.214. The van der Waals surface area contributed by atoms with E-state index >= 15 is 0 Å². The van der Waals surface area contributed by atoms with Crippen LogP contribution in [-0.4, -0.2) is 19.2 Å². The third-order valence-electron chi connectivity index (χ3n) is 2.91. The van der Waals surface area contributed by atoms with Gasteiger partial charge in [-0.3, -0.25) is 4.98 Å². The third-order valence-corrected chi connectivity index (χ3v) is 2.91. The highest BCUT2D eigenvalue weighted by Gasteiger charge is 2.19. The third kappa shape index (κ3) is 2.51. The minimum Gasteiger partial charge on any atom is -0.493 e. The van der Waals surface area contributed by atoms with Crippen LogP contribution in [0.1, 0.15) is 17.2 Å². The Kier molecular flexibility index (Phi) is 3.97. The van der Waals surface area contributed by atoms with Gasteiger partial charge in [0, 0.05) is 17.3 Å². The summed E-state index contributed by atoms with van der Waals surface area (Å²) < 4.78 is 24.2. The molecule has 1 unspecified atom stereocenters. The highest BCUT2D eigenvalue weighted by molar-refractivity contribution is 5.50. The Bertz CT molecular complexity index is 575. The van der Waals surface area contributed by atoms with Crippen LogP contribution in [0.2, 0.25) is 0 Å². The Morgan fingerprint density at radius 2 is 1.95 bits per heavy atom. The molecule has 19 heavy (non-hydrogen) atoms. The topological polar surface area (TPSA) is 57.4 Å². The quantitative estimate of drug-likeness (QED) is 0.918. The zero-order valence-corrected chi connectivity index (χ0v) is 10.8. The van der Waals surface area contributed by atoms with Gasteiger partial charge in [-0.2, -0.15) is 0 Å². The number of methoxy groups -OCH3 is 2. The zero-order valence-electron chi connectivity index (χ0n) is 10.8. The summed E-state index contributed by atoms with van der Waals surface area (Å²) in [6.07, 6.45) is 2.65. The molecule has 1 atom stereocenters. The van der Waals surface area contributed by atoms with Gasteiger partial charge >= 0.3 is 0 Å². The number of hydrogen-bond acceptors (Lipinski definition) is 4. The summed E-state index contributed by atoms with van der Waals surface area (Å²) in [5.41, 5.74) is 7.14. The van der Waals surface area contributed by atoms with Gasteiger partial charge in [0.2, 0.25) is 0 Å². The second-order valence-electron chi connectivity index (χ2n) is 3.96. The largest absolute Gasteiger partial charge is 0.493 e. The second kappa shape index (κ2) is 5.67. The molecular formula is C14H15FN2O2. The number of nitrogens with zero attached hydrogens (tertiary/aromatic N) is 1. The van der Waals surface area contributed by atoms with Gasteiger partial charge < -0.3 is 15.2 Å². The Balaban J connectivity index is 2.50. The molecule has 2 rings (SSSR count). The summed E-state index contributed by atoms with van der Waals surface area (Å²) in [5, 5.41) is 0. The molecule has 0 fully saturated rings. The van der Waals surface area contributed by atoms with Crippen LogP contribution in [0.15, 0.2) is 36.7 Å². The van der Waals surface area contributed by atoms with Crippen LogP contribution in [-0.2, 0) is 0 Å². The average molecular weight is 262 g/mol.